The molecule has 4 nitrogen and oxygen atoms in total. The molecule has 104 valence electrons. The van der Waals surface area contributed by atoms with Crippen molar-refractivity contribution in [3.63, 3.8) is 0 Å². The van der Waals surface area contributed by atoms with Crippen LogP contribution in [0.5, 0.6) is 0 Å². The molecular weight excluding hydrogens is 284 g/mol. The van der Waals surface area contributed by atoms with Gasteiger partial charge in [-0.1, -0.05) is 42.5 Å². The Labute approximate surface area is 125 Å². The number of hydrogen-bond acceptors (Lipinski definition) is 4. The first-order chi connectivity index (χ1) is 10.1. The van der Waals surface area contributed by atoms with Crippen LogP contribution in [0.3, 0.4) is 0 Å². The highest BCUT2D eigenvalue weighted by Crippen LogP contribution is 2.31. The maximum Gasteiger partial charge on any atom is 0.272 e. The molecule has 0 amide bonds. The van der Waals surface area contributed by atoms with E-state index in [0.717, 1.165) is 21.8 Å². The predicted octanol–water partition coefficient (Wildman–Crippen LogP) is 4.69. The van der Waals surface area contributed by atoms with Gasteiger partial charge in [0.2, 0.25) is 0 Å². The molecule has 0 radical (unpaired) electrons. The van der Waals surface area contributed by atoms with E-state index in [-0.39, 0.29) is 10.6 Å². The fourth-order valence-electron chi connectivity index (χ4n) is 2.09. The van der Waals surface area contributed by atoms with Crippen molar-refractivity contribution < 1.29 is 4.92 Å². The van der Waals surface area contributed by atoms with Crippen LogP contribution in [0.1, 0.15) is 5.56 Å². The maximum absolute atomic E-state index is 11.0. The van der Waals surface area contributed by atoms with Crippen LogP contribution in [0, 0.1) is 17.0 Å². The molecule has 0 spiro atoms. The summed E-state index contributed by atoms with van der Waals surface area (Å²) in [5.74, 6) is 0. The van der Waals surface area contributed by atoms with Crippen LogP contribution in [-0.2, 0) is 0 Å². The first-order valence-electron chi connectivity index (χ1n) is 6.41. The molecule has 0 bridgehead atoms. The van der Waals surface area contributed by atoms with E-state index < -0.39 is 0 Å². The van der Waals surface area contributed by atoms with E-state index in [0.29, 0.717) is 5.56 Å². The predicted molar refractivity (Wildman–Crippen MR) is 84.4 cm³/mol. The molecule has 0 aliphatic rings. The third-order valence-corrected chi connectivity index (χ3v) is 4.12. The van der Waals surface area contributed by atoms with Crippen LogP contribution in [-0.4, -0.2) is 9.91 Å². The van der Waals surface area contributed by atoms with E-state index in [1.165, 1.54) is 11.3 Å². The molecular formula is C16H12N2O2S. The number of aromatic nitrogens is 1. The SMILES string of the molecule is Cc1ccc(-c2csc(-c3ccccc3)n2)cc1[N+](=O)[O-]. The van der Waals surface area contributed by atoms with Gasteiger partial charge in [-0.15, -0.1) is 11.3 Å². The molecule has 0 fully saturated rings. The van der Waals surface area contributed by atoms with E-state index in [4.69, 9.17) is 0 Å². The van der Waals surface area contributed by atoms with Gasteiger partial charge in [0.1, 0.15) is 5.01 Å². The minimum absolute atomic E-state index is 0.127. The Hall–Kier alpha value is -2.53. The minimum atomic E-state index is -0.358. The summed E-state index contributed by atoms with van der Waals surface area (Å²) in [5, 5.41) is 13.9. The van der Waals surface area contributed by atoms with Crippen LogP contribution in [0.15, 0.2) is 53.9 Å². The van der Waals surface area contributed by atoms with Crippen molar-refractivity contribution in [2.75, 3.05) is 0 Å². The van der Waals surface area contributed by atoms with Crippen LogP contribution in [0.2, 0.25) is 0 Å². The zero-order valence-corrected chi connectivity index (χ0v) is 12.1. The van der Waals surface area contributed by atoms with Crippen molar-refractivity contribution in [3.8, 4) is 21.8 Å². The Balaban J connectivity index is 2.01. The number of nitro groups is 1. The highest BCUT2D eigenvalue weighted by Gasteiger charge is 2.13. The fourth-order valence-corrected chi connectivity index (χ4v) is 2.92. The lowest BCUT2D eigenvalue weighted by Gasteiger charge is -2.00. The molecule has 21 heavy (non-hydrogen) atoms. The second kappa shape index (κ2) is 5.46. The molecule has 5 heteroatoms. The monoisotopic (exact) mass is 296 g/mol. The minimum Gasteiger partial charge on any atom is -0.258 e. The van der Waals surface area contributed by atoms with Gasteiger partial charge >= 0.3 is 0 Å². The van der Waals surface area contributed by atoms with Gasteiger partial charge in [0.05, 0.1) is 10.6 Å². The van der Waals surface area contributed by atoms with Crippen LogP contribution in [0.25, 0.3) is 21.8 Å². The van der Waals surface area contributed by atoms with Crippen molar-refractivity contribution in [3.05, 3.63) is 69.6 Å². The molecule has 0 atom stereocenters. The van der Waals surface area contributed by atoms with Crippen molar-refractivity contribution in [1.29, 1.82) is 0 Å². The number of rotatable bonds is 3. The highest BCUT2D eigenvalue weighted by atomic mass is 32.1. The molecule has 0 unspecified atom stereocenters. The largest absolute Gasteiger partial charge is 0.272 e. The first kappa shape index (κ1) is 13.5. The lowest BCUT2D eigenvalue weighted by atomic mass is 10.1. The molecule has 1 heterocycles. The van der Waals surface area contributed by atoms with E-state index in [9.17, 15) is 10.1 Å². The quantitative estimate of drug-likeness (QED) is 0.520. The maximum atomic E-state index is 11.0. The summed E-state index contributed by atoms with van der Waals surface area (Å²) in [6.07, 6.45) is 0. The number of nitrogens with zero attached hydrogens (tertiary/aromatic N) is 2. The van der Waals surface area contributed by atoms with Gasteiger partial charge in [-0.05, 0) is 6.92 Å². The third-order valence-electron chi connectivity index (χ3n) is 3.23. The summed E-state index contributed by atoms with van der Waals surface area (Å²) in [5.41, 5.74) is 3.37. The van der Waals surface area contributed by atoms with Crippen molar-refractivity contribution in [1.82, 2.24) is 4.98 Å². The van der Waals surface area contributed by atoms with E-state index in [1.54, 1.807) is 19.1 Å². The Bertz CT molecular complexity index is 797. The molecule has 0 aliphatic heterocycles. The van der Waals surface area contributed by atoms with Gasteiger partial charge in [0.25, 0.3) is 5.69 Å². The van der Waals surface area contributed by atoms with Gasteiger partial charge < -0.3 is 0 Å². The van der Waals surface area contributed by atoms with E-state index >= 15 is 0 Å². The number of aryl methyl sites for hydroxylation is 1. The van der Waals surface area contributed by atoms with Crippen LogP contribution in [0.4, 0.5) is 5.69 Å². The lowest BCUT2D eigenvalue weighted by Crippen LogP contribution is -1.92. The lowest BCUT2D eigenvalue weighted by molar-refractivity contribution is -0.385. The standard InChI is InChI=1S/C16H12N2O2S/c1-11-7-8-13(9-15(11)18(19)20)14-10-21-16(17-14)12-5-3-2-4-6-12/h2-10H,1H3. The second-order valence-corrected chi connectivity index (χ2v) is 5.52. The molecule has 3 aromatic rings. The summed E-state index contributed by atoms with van der Waals surface area (Å²) >= 11 is 1.53. The van der Waals surface area contributed by atoms with Crippen LogP contribution < -0.4 is 0 Å². The normalized spacial score (nSPS) is 10.5. The van der Waals surface area contributed by atoms with Gasteiger partial charge in [-0.2, -0.15) is 0 Å². The van der Waals surface area contributed by atoms with Gasteiger partial charge in [-0.3, -0.25) is 10.1 Å². The summed E-state index contributed by atoms with van der Waals surface area (Å²) < 4.78 is 0. The smallest absolute Gasteiger partial charge is 0.258 e. The Morgan fingerprint density at radius 3 is 2.57 bits per heavy atom. The average Bonchev–Trinajstić information content (AvgIpc) is 2.98. The molecule has 0 saturated heterocycles. The number of thiazole rings is 1. The van der Waals surface area contributed by atoms with Gasteiger partial charge in [0.15, 0.2) is 0 Å². The van der Waals surface area contributed by atoms with Gasteiger partial charge in [-0.25, -0.2) is 4.98 Å². The molecule has 2 aromatic carbocycles. The molecule has 0 aliphatic carbocycles. The fraction of sp³-hybridized carbons (Fsp3) is 0.0625. The molecule has 1 aromatic heterocycles. The molecule has 0 N–H and O–H groups in total. The highest BCUT2D eigenvalue weighted by molar-refractivity contribution is 7.13. The van der Waals surface area contributed by atoms with Crippen molar-refractivity contribution in [2.24, 2.45) is 0 Å². The zero-order valence-electron chi connectivity index (χ0n) is 11.3. The summed E-state index contributed by atoms with van der Waals surface area (Å²) in [7, 11) is 0. The molecule has 0 saturated carbocycles. The van der Waals surface area contributed by atoms with Crippen molar-refractivity contribution >= 4 is 17.0 Å². The number of hydrogen-bond donors (Lipinski definition) is 0. The Kier molecular flexibility index (Phi) is 3.50. The average molecular weight is 296 g/mol. The molecule has 3 rings (SSSR count). The Morgan fingerprint density at radius 1 is 1.10 bits per heavy atom. The van der Waals surface area contributed by atoms with E-state index in [2.05, 4.69) is 4.98 Å². The van der Waals surface area contributed by atoms with E-state index in [1.807, 2.05) is 41.8 Å². The third kappa shape index (κ3) is 2.68. The summed E-state index contributed by atoms with van der Waals surface area (Å²) in [6, 6.07) is 15.1. The summed E-state index contributed by atoms with van der Waals surface area (Å²) in [4.78, 5) is 15.2. The number of benzene rings is 2. The van der Waals surface area contributed by atoms with Crippen LogP contribution >= 0.6 is 11.3 Å². The van der Waals surface area contributed by atoms with Crippen molar-refractivity contribution in [2.45, 2.75) is 6.92 Å². The topological polar surface area (TPSA) is 56.0 Å². The summed E-state index contributed by atoms with van der Waals surface area (Å²) in [6.45, 7) is 1.73. The first-order valence-corrected chi connectivity index (χ1v) is 7.29. The zero-order chi connectivity index (χ0) is 14.8. The Morgan fingerprint density at radius 2 is 1.86 bits per heavy atom. The second-order valence-electron chi connectivity index (χ2n) is 4.66. The van der Waals surface area contributed by atoms with Gasteiger partial charge in [0, 0.05) is 28.1 Å². The number of nitro benzene ring substituents is 1.